The minimum Gasteiger partial charge on any atom is -0.448 e. The number of hydrogen-bond donors (Lipinski definition) is 2. The number of hydrogen-bond acceptors (Lipinski definition) is 5. The zero-order valence-corrected chi connectivity index (χ0v) is 25.2. The van der Waals surface area contributed by atoms with Crippen molar-refractivity contribution in [2.24, 2.45) is 17.8 Å². The molecule has 7 nitrogen and oxygen atoms in total. The van der Waals surface area contributed by atoms with Gasteiger partial charge in [0.15, 0.2) is 0 Å². The number of benzene rings is 3. The highest BCUT2D eigenvalue weighted by molar-refractivity contribution is 5.80. The van der Waals surface area contributed by atoms with Crippen LogP contribution in [0.2, 0.25) is 0 Å². The first-order chi connectivity index (χ1) is 20.9. The molecule has 0 bridgehead atoms. The van der Waals surface area contributed by atoms with Crippen LogP contribution in [0.15, 0.2) is 78.9 Å². The summed E-state index contributed by atoms with van der Waals surface area (Å²) in [5, 5.41) is 13.9. The molecule has 6 rings (SSSR count). The maximum absolute atomic E-state index is 13.8. The van der Waals surface area contributed by atoms with E-state index < -0.39 is 12.1 Å². The first kappa shape index (κ1) is 29.4. The molecular formula is C36H42N2O5. The van der Waals surface area contributed by atoms with Crippen molar-refractivity contribution in [3.8, 4) is 11.1 Å². The fraction of sp³-hybridized carbons (Fsp3) is 0.444. The molecule has 0 unspecified atom stereocenters. The highest BCUT2D eigenvalue weighted by Gasteiger charge is 2.57. The minimum absolute atomic E-state index is 0.000998. The van der Waals surface area contributed by atoms with Crippen LogP contribution in [0.25, 0.3) is 11.1 Å². The molecule has 0 spiro atoms. The van der Waals surface area contributed by atoms with Gasteiger partial charge in [0.05, 0.1) is 12.1 Å². The van der Waals surface area contributed by atoms with Crippen molar-refractivity contribution in [2.75, 3.05) is 20.3 Å². The largest absolute Gasteiger partial charge is 0.448 e. The molecule has 2 aliphatic carbocycles. The van der Waals surface area contributed by atoms with Crippen molar-refractivity contribution in [2.45, 2.75) is 63.3 Å². The molecule has 3 aromatic carbocycles. The number of methoxy groups -OCH3 is 1. The number of likely N-dealkylation sites (tertiary alicyclic amines) is 1. The molecule has 2 fully saturated rings. The summed E-state index contributed by atoms with van der Waals surface area (Å²) in [6.45, 7) is 4.52. The van der Waals surface area contributed by atoms with E-state index >= 15 is 0 Å². The number of carbonyl (C=O) groups is 2. The Morgan fingerprint density at radius 3 is 2.21 bits per heavy atom. The number of rotatable bonds is 11. The number of aliphatic hydroxyl groups excluding tert-OH is 1. The normalized spacial score (nSPS) is 23.0. The summed E-state index contributed by atoms with van der Waals surface area (Å²) in [5.41, 5.74) is 5.54. The Kier molecular flexibility index (Phi) is 8.55. The van der Waals surface area contributed by atoms with Gasteiger partial charge >= 0.3 is 6.09 Å². The molecule has 7 heteroatoms. The second-order valence-electron chi connectivity index (χ2n) is 12.5. The van der Waals surface area contributed by atoms with E-state index in [1.807, 2.05) is 73.3 Å². The molecular weight excluding hydrogens is 540 g/mol. The standard InChI is InChI=1S/C36H42N2O5/c1-22(35(40)37-23(2)34(39)24-11-5-4-6-12-24)26(17-18-42-3)33-20-25-19-32(25)38(33)36(41)43-21-31-29-15-9-7-13-27(29)28-14-8-10-16-30(28)31/h4-16,22-23,25-26,31-34,39H,17-21H2,1-3H3,(H,37,40)/t22-,23-,25+,26-,32+,33+,34-/m1/s1. The third-order valence-corrected chi connectivity index (χ3v) is 9.88. The average molecular weight is 583 g/mol. The molecule has 1 saturated heterocycles. The fourth-order valence-corrected chi connectivity index (χ4v) is 7.41. The van der Waals surface area contributed by atoms with Gasteiger partial charge in [0.2, 0.25) is 5.91 Å². The van der Waals surface area contributed by atoms with Gasteiger partial charge < -0.3 is 24.8 Å². The number of nitrogens with zero attached hydrogens (tertiary/aromatic N) is 1. The number of piperidine rings is 1. The number of carbonyl (C=O) groups excluding carboxylic acids is 2. The Morgan fingerprint density at radius 1 is 0.930 bits per heavy atom. The van der Waals surface area contributed by atoms with Gasteiger partial charge in [0.1, 0.15) is 6.61 Å². The fourth-order valence-electron chi connectivity index (χ4n) is 7.41. The minimum atomic E-state index is -0.814. The number of nitrogens with one attached hydrogen (secondary N) is 1. The molecule has 7 atom stereocenters. The number of amides is 2. The van der Waals surface area contributed by atoms with E-state index in [-0.39, 0.29) is 48.4 Å². The van der Waals surface area contributed by atoms with E-state index in [0.29, 0.717) is 18.9 Å². The molecule has 0 radical (unpaired) electrons. The Morgan fingerprint density at radius 2 is 1.56 bits per heavy atom. The number of ether oxygens (including phenoxy) is 2. The zero-order chi connectivity index (χ0) is 30.1. The molecule has 43 heavy (non-hydrogen) atoms. The van der Waals surface area contributed by atoms with Gasteiger partial charge in [0, 0.05) is 37.6 Å². The van der Waals surface area contributed by atoms with Crippen molar-refractivity contribution in [3.05, 3.63) is 95.6 Å². The van der Waals surface area contributed by atoms with Crippen LogP contribution in [-0.2, 0) is 14.3 Å². The van der Waals surface area contributed by atoms with Gasteiger partial charge in [-0.1, -0.05) is 85.8 Å². The lowest BCUT2D eigenvalue weighted by atomic mass is 9.82. The lowest BCUT2D eigenvalue weighted by Gasteiger charge is -2.36. The summed E-state index contributed by atoms with van der Waals surface area (Å²) in [5.74, 6) is -0.165. The van der Waals surface area contributed by atoms with Crippen molar-refractivity contribution < 1.29 is 24.2 Å². The summed E-state index contributed by atoms with van der Waals surface area (Å²) in [6, 6.07) is 25.6. The molecule has 2 amide bonds. The van der Waals surface area contributed by atoms with Gasteiger partial charge in [-0.05, 0) is 65.8 Å². The lowest BCUT2D eigenvalue weighted by molar-refractivity contribution is -0.128. The van der Waals surface area contributed by atoms with Crippen LogP contribution in [0.4, 0.5) is 4.79 Å². The van der Waals surface area contributed by atoms with Gasteiger partial charge in [0.25, 0.3) is 0 Å². The van der Waals surface area contributed by atoms with E-state index in [4.69, 9.17) is 9.47 Å². The number of aliphatic hydroxyl groups is 1. The molecule has 3 aliphatic rings. The second kappa shape index (κ2) is 12.5. The van der Waals surface area contributed by atoms with Crippen LogP contribution >= 0.6 is 0 Å². The summed E-state index contributed by atoms with van der Waals surface area (Å²) >= 11 is 0. The van der Waals surface area contributed by atoms with Crippen molar-refractivity contribution in [3.63, 3.8) is 0 Å². The molecule has 226 valence electrons. The van der Waals surface area contributed by atoms with Crippen LogP contribution in [0, 0.1) is 17.8 Å². The van der Waals surface area contributed by atoms with Crippen LogP contribution in [-0.4, -0.2) is 60.5 Å². The third kappa shape index (κ3) is 5.80. The molecule has 3 aromatic rings. The lowest BCUT2D eigenvalue weighted by Crippen LogP contribution is -2.49. The first-order valence-corrected chi connectivity index (χ1v) is 15.5. The van der Waals surface area contributed by atoms with E-state index in [9.17, 15) is 14.7 Å². The highest BCUT2D eigenvalue weighted by atomic mass is 16.6. The van der Waals surface area contributed by atoms with Crippen LogP contribution in [0.3, 0.4) is 0 Å². The van der Waals surface area contributed by atoms with Gasteiger partial charge in [-0.15, -0.1) is 0 Å². The predicted molar refractivity (Wildman–Crippen MR) is 165 cm³/mol. The van der Waals surface area contributed by atoms with Crippen LogP contribution < -0.4 is 5.32 Å². The Hall–Kier alpha value is -3.68. The summed E-state index contributed by atoms with van der Waals surface area (Å²) in [7, 11) is 1.66. The highest BCUT2D eigenvalue weighted by Crippen LogP contribution is 2.52. The van der Waals surface area contributed by atoms with Gasteiger partial charge in [-0.3, -0.25) is 4.79 Å². The van der Waals surface area contributed by atoms with Crippen LogP contribution in [0.5, 0.6) is 0 Å². The first-order valence-electron chi connectivity index (χ1n) is 15.5. The van der Waals surface area contributed by atoms with Crippen LogP contribution in [0.1, 0.15) is 61.8 Å². The molecule has 1 aliphatic heterocycles. The predicted octanol–water partition coefficient (Wildman–Crippen LogP) is 5.93. The molecule has 2 N–H and O–H groups in total. The Labute approximate surface area is 254 Å². The van der Waals surface area contributed by atoms with E-state index in [1.54, 1.807) is 7.11 Å². The quantitative estimate of drug-likeness (QED) is 0.293. The topological polar surface area (TPSA) is 88.1 Å². The van der Waals surface area contributed by atoms with E-state index in [1.165, 1.54) is 22.3 Å². The van der Waals surface area contributed by atoms with Gasteiger partial charge in [-0.25, -0.2) is 4.79 Å². The monoisotopic (exact) mass is 582 g/mol. The molecule has 0 aromatic heterocycles. The zero-order valence-electron chi connectivity index (χ0n) is 25.2. The summed E-state index contributed by atoms with van der Waals surface area (Å²) in [4.78, 5) is 29.3. The SMILES string of the molecule is COCC[C@H]([C@@H](C)C(=O)N[C@H](C)[C@@H](O)c1ccccc1)[C@@H]1C[C@@H]2C[C@@H]2N1C(=O)OCC1c2ccccc2-c2ccccc21. The maximum Gasteiger partial charge on any atom is 0.410 e. The number of fused-ring (bicyclic) bond motifs is 4. The second-order valence-corrected chi connectivity index (χ2v) is 12.5. The van der Waals surface area contributed by atoms with Crippen molar-refractivity contribution in [1.82, 2.24) is 10.2 Å². The third-order valence-electron chi connectivity index (χ3n) is 9.88. The molecule has 1 heterocycles. The Balaban J connectivity index is 1.15. The maximum atomic E-state index is 13.8. The van der Waals surface area contributed by atoms with Gasteiger partial charge in [-0.2, -0.15) is 0 Å². The summed E-state index contributed by atoms with van der Waals surface area (Å²) in [6.07, 6.45) is 1.39. The van der Waals surface area contributed by atoms with Crippen molar-refractivity contribution >= 4 is 12.0 Å². The molecule has 1 saturated carbocycles. The van der Waals surface area contributed by atoms with Crippen molar-refractivity contribution in [1.29, 1.82) is 0 Å². The van der Waals surface area contributed by atoms with E-state index in [2.05, 4.69) is 29.6 Å². The smallest absolute Gasteiger partial charge is 0.410 e. The van der Waals surface area contributed by atoms with E-state index in [0.717, 1.165) is 18.4 Å². The Bertz CT molecular complexity index is 1400. The average Bonchev–Trinajstić information content (AvgIpc) is 3.58. The summed E-state index contributed by atoms with van der Waals surface area (Å²) < 4.78 is 11.6.